The summed E-state index contributed by atoms with van der Waals surface area (Å²) in [6, 6.07) is 13.2. The summed E-state index contributed by atoms with van der Waals surface area (Å²) < 4.78 is 13.0. The van der Waals surface area contributed by atoms with Crippen LogP contribution >= 0.6 is 0 Å². The Kier molecular flexibility index (Phi) is 11.8. The van der Waals surface area contributed by atoms with E-state index in [2.05, 4.69) is 39.8 Å². The fourth-order valence-corrected chi connectivity index (χ4v) is 4.84. The molecule has 0 bridgehead atoms. The monoisotopic (exact) mass is 555 g/mol. The van der Waals surface area contributed by atoms with Gasteiger partial charge in [0, 0.05) is 16.6 Å². The Morgan fingerprint density at radius 1 is 0.854 bits per heavy atom. The lowest BCUT2D eigenvalue weighted by Crippen LogP contribution is -2.14. The molecule has 0 N–H and O–H groups in total. The number of benzene rings is 2. The van der Waals surface area contributed by atoms with Gasteiger partial charge >= 0.3 is 5.97 Å². The highest BCUT2D eigenvalue weighted by Gasteiger charge is 2.22. The van der Waals surface area contributed by atoms with Crippen molar-refractivity contribution in [3.8, 4) is 5.75 Å². The van der Waals surface area contributed by atoms with Crippen LogP contribution in [0.5, 0.6) is 5.75 Å². The van der Waals surface area contributed by atoms with Crippen LogP contribution in [0.15, 0.2) is 77.4 Å². The lowest BCUT2D eigenvalue weighted by molar-refractivity contribution is -0.141. The second-order valence-electron chi connectivity index (χ2n) is 11.0. The maximum absolute atomic E-state index is 13.6. The number of aromatic nitrogens is 1. The molecule has 3 aromatic rings. The number of aryl methyl sites for hydroxylation is 1. The molecule has 0 saturated heterocycles. The van der Waals surface area contributed by atoms with Gasteiger partial charge in [0.15, 0.2) is 0 Å². The highest BCUT2D eigenvalue weighted by molar-refractivity contribution is 6.05. The fraction of sp³-hybridized carbons (Fsp3) is 0.389. The van der Waals surface area contributed by atoms with E-state index >= 15 is 0 Å². The molecular weight excluding hydrogens is 510 g/mol. The van der Waals surface area contributed by atoms with Gasteiger partial charge in [0.2, 0.25) is 0 Å². The molecule has 5 nitrogen and oxygen atoms in total. The summed E-state index contributed by atoms with van der Waals surface area (Å²) in [5.41, 5.74) is 7.91. The maximum Gasteiger partial charge on any atom is 0.310 e. The quantitative estimate of drug-likeness (QED) is 0.156. The topological polar surface area (TPSA) is 57.5 Å². The van der Waals surface area contributed by atoms with Gasteiger partial charge in [0.05, 0.1) is 18.5 Å². The standard InChI is InChI=1S/C36H45NO4/c1-8-40-31-19-20-34-33(23-31)32(29(7)37(34)36(39)30-17-15-28(6)16-18-30)24-35(38)41-22-21-27(5)14-10-13-26(4)12-9-11-25(2)3/h11,13,15-21,23H,8-10,12,14,22,24H2,1-7H3. The molecule has 0 atom stereocenters. The predicted octanol–water partition coefficient (Wildman–Crippen LogP) is 8.85. The van der Waals surface area contributed by atoms with Crippen molar-refractivity contribution in [1.82, 2.24) is 4.57 Å². The molecule has 0 saturated carbocycles. The third-order valence-electron chi connectivity index (χ3n) is 7.24. The number of allylic oxidation sites excluding steroid dienone is 5. The van der Waals surface area contributed by atoms with Crippen molar-refractivity contribution < 1.29 is 19.1 Å². The molecule has 0 aliphatic heterocycles. The normalized spacial score (nSPS) is 12.0. The molecular formula is C36H45NO4. The average Bonchev–Trinajstić information content (AvgIpc) is 3.19. The minimum absolute atomic E-state index is 0.0760. The van der Waals surface area contributed by atoms with Crippen molar-refractivity contribution in [1.29, 1.82) is 0 Å². The van der Waals surface area contributed by atoms with Crippen LogP contribution in [-0.4, -0.2) is 29.7 Å². The second kappa shape index (κ2) is 15.2. The summed E-state index contributed by atoms with van der Waals surface area (Å²) in [6.07, 6.45) is 10.7. The van der Waals surface area contributed by atoms with Crippen LogP contribution in [0.1, 0.15) is 87.5 Å². The zero-order valence-electron chi connectivity index (χ0n) is 25.8. The van der Waals surface area contributed by atoms with Crippen LogP contribution in [0, 0.1) is 13.8 Å². The van der Waals surface area contributed by atoms with Gasteiger partial charge in [-0.1, -0.05) is 46.6 Å². The lowest BCUT2D eigenvalue weighted by Gasteiger charge is -2.08. The van der Waals surface area contributed by atoms with E-state index in [4.69, 9.17) is 9.47 Å². The molecule has 1 aromatic heterocycles. The molecule has 0 radical (unpaired) electrons. The Balaban J connectivity index is 1.70. The first-order valence-electron chi connectivity index (χ1n) is 14.6. The molecule has 3 rings (SSSR count). The summed E-state index contributed by atoms with van der Waals surface area (Å²) in [5, 5.41) is 0.823. The van der Waals surface area contributed by atoms with Crippen LogP contribution in [0.2, 0.25) is 0 Å². The van der Waals surface area contributed by atoms with Crippen molar-refractivity contribution in [3.05, 3.63) is 99.8 Å². The van der Waals surface area contributed by atoms with E-state index in [9.17, 15) is 9.59 Å². The zero-order valence-corrected chi connectivity index (χ0v) is 25.8. The van der Waals surface area contributed by atoms with Gasteiger partial charge < -0.3 is 9.47 Å². The largest absolute Gasteiger partial charge is 0.494 e. The summed E-state index contributed by atoms with van der Waals surface area (Å²) >= 11 is 0. The minimum atomic E-state index is -0.323. The van der Waals surface area contributed by atoms with Crippen molar-refractivity contribution in [3.63, 3.8) is 0 Å². The van der Waals surface area contributed by atoms with Crippen molar-refractivity contribution in [2.75, 3.05) is 13.2 Å². The number of carbonyl (C=O) groups excluding carboxylic acids is 2. The summed E-state index contributed by atoms with van der Waals surface area (Å²) in [6.45, 7) is 15.1. The van der Waals surface area contributed by atoms with E-state index in [1.165, 1.54) is 16.7 Å². The predicted molar refractivity (Wildman–Crippen MR) is 169 cm³/mol. The Labute approximate surface area is 245 Å². The fourth-order valence-electron chi connectivity index (χ4n) is 4.84. The molecule has 0 unspecified atom stereocenters. The number of hydrogen-bond donors (Lipinski definition) is 0. The van der Waals surface area contributed by atoms with E-state index in [0.29, 0.717) is 17.9 Å². The molecule has 0 amide bonds. The van der Waals surface area contributed by atoms with Gasteiger partial charge in [-0.05, 0) is 116 Å². The Morgan fingerprint density at radius 3 is 2.17 bits per heavy atom. The minimum Gasteiger partial charge on any atom is -0.494 e. The first-order chi connectivity index (χ1) is 19.6. The van der Waals surface area contributed by atoms with Crippen molar-refractivity contribution in [2.45, 2.75) is 80.6 Å². The van der Waals surface area contributed by atoms with E-state index in [1.807, 2.05) is 69.3 Å². The molecule has 0 aliphatic rings. The van der Waals surface area contributed by atoms with Crippen LogP contribution in [0.4, 0.5) is 0 Å². The van der Waals surface area contributed by atoms with Gasteiger partial charge in [0.25, 0.3) is 5.91 Å². The maximum atomic E-state index is 13.6. The molecule has 41 heavy (non-hydrogen) atoms. The highest BCUT2D eigenvalue weighted by Crippen LogP contribution is 2.31. The summed E-state index contributed by atoms with van der Waals surface area (Å²) in [5.74, 6) is 0.251. The number of nitrogens with zero attached hydrogens (tertiary/aromatic N) is 1. The van der Waals surface area contributed by atoms with Crippen LogP contribution in [0.3, 0.4) is 0 Å². The third-order valence-corrected chi connectivity index (χ3v) is 7.24. The molecule has 0 aliphatic carbocycles. The van der Waals surface area contributed by atoms with Gasteiger partial charge in [-0.2, -0.15) is 0 Å². The van der Waals surface area contributed by atoms with Crippen molar-refractivity contribution in [2.24, 2.45) is 0 Å². The highest BCUT2D eigenvalue weighted by atomic mass is 16.5. The van der Waals surface area contributed by atoms with E-state index < -0.39 is 0 Å². The Morgan fingerprint density at radius 2 is 1.51 bits per heavy atom. The summed E-state index contributed by atoms with van der Waals surface area (Å²) in [4.78, 5) is 26.5. The summed E-state index contributed by atoms with van der Waals surface area (Å²) in [7, 11) is 0. The van der Waals surface area contributed by atoms with E-state index in [0.717, 1.165) is 53.4 Å². The Hall–Kier alpha value is -3.86. The van der Waals surface area contributed by atoms with Gasteiger partial charge in [-0.25, -0.2) is 0 Å². The number of hydrogen-bond acceptors (Lipinski definition) is 4. The number of fused-ring (bicyclic) bond motifs is 1. The molecule has 0 fully saturated rings. The van der Waals surface area contributed by atoms with Crippen molar-refractivity contribution >= 4 is 22.8 Å². The molecule has 2 aromatic carbocycles. The van der Waals surface area contributed by atoms with Gasteiger partial charge in [-0.15, -0.1) is 0 Å². The second-order valence-corrected chi connectivity index (χ2v) is 11.0. The van der Waals surface area contributed by atoms with Crippen LogP contribution in [-0.2, 0) is 16.0 Å². The number of carbonyl (C=O) groups is 2. The number of ether oxygens (including phenoxy) is 2. The average molecular weight is 556 g/mol. The third kappa shape index (κ3) is 9.07. The first-order valence-corrected chi connectivity index (χ1v) is 14.6. The van der Waals surface area contributed by atoms with Gasteiger partial charge in [-0.3, -0.25) is 14.2 Å². The SMILES string of the molecule is CCOc1ccc2c(c1)c(CC(=O)OCC=C(C)CCC=C(C)CCC=C(C)C)c(C)n2C(=O)c1ccc(C)cc1. The van der Waals surface area contributed by atoms with Crippen LogP contribution in [0.25, 0.3) is 10.9 Å². The lowest BCUT2D eigenvalue weighted by atomic mass is 10.1. The molecule has 0 spiro atoms. The van der Waals surface area contributed by atoms with E-state index in [-0.39, 0.29) is 24.9 Å². The molecule has 1 heterocycles. The smallest absolute Gasteiger partial charge is 0.310 e. The Bertz CT molecular complexity index is 1450. The molecule has 5 heteroatoms. The molecule has 218 valence electrons. The number of esters is 1. The van der Waals surface area contributed by atoms with Crippen LogP contribution < -0.4 is 4.74 Å². The zero-order chi connectivity index (χ0) is 29.9. The number of rotatable bonds is 13. The van der Waals surface area contributed by atoms with E-state index in [1.54, 1.807) is 4.57 Å². The first kappa shape index (κ1) is 31.7. The van der Waals surface area contributed by atoms with Gasteiger partial charge in [0.1, 0.15) is 12.4 Å².